The molecule has 0 aliphatic carbocycles. The number of benzene rings is 2. The SMILES string of the molecule is O=C(C1CCCN(S(=O)(=O)c2ccccc2)C1)N1CCC(Nc2ccccc2)C1. The molecule has 0 spiro atoms. The Bertz CT molecular complexity index is 934. The van der Waals surface area contributed by atoms with Crippen LogP contribution in [-0.2, 0) is 14.8 Å². The van der Waals surface area contributed by atoms with Crippen molar-refractivity contribution in [1.82, 2.24) is 9.21 Å². The topological polar surface area (TPSA) is 69.7 Å². The first-order valence-corrected chi connectivity index (χ1v) is 11.6. The third-order valence-corrected chi connectivity index (χ3v) is 7.64. The van der Waals surface area contributed by atoms with Gasteiger partial charge in [-0.15, -0.1) is 0 Å². The number of sulfonamides is 1. The molecule has 0 radical (unpaired) electrons. The van der Waals surface area contributed by atoms with Gasteiger partial charge >= 0.3 is 0 Å². The summed E-state index contributed by atoms with van der Waals surface area (Å²) in [6.07, 6.45) is 2.36. The van der Waals surface area contributed by atoms with E-state index in [9.17, 15) is 13.2 Å². The van der Waals surface area contributed by atoms with Crippen LogP contribution in [0, 0.1) is 5.92 Å². The number of para-hydroxylation sites is 1. The Balaban J connectivity index is 1.38. The highest BCUT2D eigenvalue weighted by molar-refractivity contribution is 7.89. The number of likely N-dealkylation sites (tertiary alicyclic amines) is 1. The van der Waals surface area contributed by atoms with E-state index in [1.807, 2.05) is 35.2 Å². The molecule has 2 fully saturated rings. The Labute approximate surface area is 172 Å². The molecule has 2 heterocycles. The first kappa shape index (κ1) is 19.9. The molecule has 0 saturated carbocycles. The van der Waals surface area contributed by atoms with Crippen LogP contribution < -0.4 is 5.32 Å². The molecule has 2 aromatic carbocycles. The summed E-state index contributed by atoms with van der Waals surface area (Å²) in [4.78, 5) is 15.3. The van der Waals surface area contributed by atoms with Gasteiger partial charge in [0, 0.05) is 37.9 Å². The zero-order valence-corrected chi connectivity index (χ0v) is 17.2. The highest BCUT2D eigenvalue weighted by atomic mass is 32.2. The maximum atomic E-state index is 13.1. The summed E-state index contributed by atoms with van der Waals surface area (Å²) in [5.41, 5.74) is 1.06. The van der Waals surface area contributed by atoms with Gasteiger partial charge in [-0.2, -0.15) is 4.31 Å². The third kappa shape index (κ3) is 4.46. The second-order valence-electron chi connectivity index (χ2n) is 7.80. The maximum Gasteiger partial charge on any atom is 0.243 e. The highest BCUT2D eigenvalue weighted by Crippen LogP contribution is 2.26. The van der Waals surface area contributed by atoms with Gasteiger partial charge in [0.25, 0.3) is 0 Å². The fourth-order valence-electron chi connectivity index (χ4n) is 4.21. The molecular weight excluding hydrogens is 386 g/mol. The van der Waals surface area contributed by atoms with Crippen LogP contribution in [0.5, 0.6) is 0 Å². The van der Waals surface area contributed by atoms with Crippen LogP contribution in [0.15, 0.2) is 65.6 Å². The van der Waals surface area contributed by atoms with Crippen molar-refractivity contribution in [3.8, 4) is 0 Å². The van der Waals surface area contributed by atoms with Crippen LogP contribution in [0.1, 0.15) is 19.3 Å². The van der Waals surface area contributed by atoms with Gasteiger partial charge in [-0.25, -0.2) is 8.42 Å². The number of anilines is 1. The molecule has 2 aliphatic rings. The van der Waals surface area contributed by atoms with E-state index in [-0.39, 0.29) is 24.4 Å². The summed E-state index contributed by atoms with van der Waals surface area (Å²) in [6.45, 7) is 2.11. The minimum atomic E-state index is -3.55. The number of nitrogens with one attached hydrogen (secondary N) is 1. The Hall–Kier alpha value is -2.38. The summed E-state index contributed by atoms with van der Waals surface area (Å²) in [5, 5.41) is 3.48. The van der Waals surface area contributed by atoms with E-state index in [2.05, 4.69) is 5.32 Å². The molecule has 2 saturated heterocycles. The van der Waals surface area contributed by atoms with E-state index in [0.29, 0.717) is 31.0 Å². The Kier molecular flexibility index (Phi) is 5.87. The molecule has 2 atom stereocenters. The molecule has 1 amide bonds. The van der Waals surface area contributed by atoms with E-state index in [1.54, 1.807) is 30.3 Å². The summed E-state index contributed by atoms with van der Waals surface area (Å²) in [6, 6.07) is 18.7. The van der Waals surface area contributed by atoms with Crippen molar-refractivity contribution in [2.75, 3.05) is 31.5 Å². The van der Waals surface area contributed by atoms with E-state index >= 15 is 0 Å². The van der Waals surface area contributed by atoms with Crippen molar-refractivity contribution in [3.63, 3.8) is 0 Å². The standard InChI is InChI=1S/C22H27N3O3S/c26-22(24-15-13-20(17-24)23-19-9-3-1-4-10-19)18-8-7-14-25(16-18)29(27,28)21-11-5-2-6-12-21/h1-6,9-12,18,20,23H,7-8,13-17H2. The van der Waals surface area contributed by atoms with Gasteiger partial charge in [-0.3, -0.25) is 4.79 Å². The van der Waals surface area contributed by atoms with Gasteiger partial charge in [-0.05, 0) is 43.5 Å². The van der Waals surface area contributed by atoms with E-state index in [0.717, 1.165) is 18.5 Å². The van der Waals surface area contributed by atoms with Gasteiger partial charge in [0.1, 0.15) is 0 Å². The van der Waals surface area contributed by atoms with Crippen molar-refractivity contribution in [2.45, 2.75) is 30.2 Å². The Morgan fingerprint density at radius 1 is 0.897 bits per heavy atom. The van der Waals surface area contributed by atoms with Crippen molar-refractivity contribution in [1.29, 1.82) is 0 Å². The average Bonchev–Trinajstić information content (AvgIpc) is 3.23. The summed E-state index contributed by atoms with van der Waals surface area (Å²) in [5.74, 6) is -0.187. The van der Waals surface area contributed by atoms with Crippen molar-refractivity contribution >= 4 is 21.6 Å². The summed E-state index contributed by atoms with van der Waals surface area (Å²) in [7, 11) is -3.55. The van der Waals surface area contributed by atoms with Crippen LogP contribution >= 0.6 is 0 Å². The molecule has 2 aliphatic heterocycles. The van der Waals surface area contributed by atoms with Crippen LogP contribution in [0.25, 0.3) is 0 Å². The number of amides is 1. The number of nitrogens with zero attached hydrogens (tertiary/aromatic N) is 2. The minimum absolute atomic E-state index is 0.0790. The lowest BCUT2D eigenvalue weighted by Gasteiger charge is -2.33. The Morgan fingerprint density at radius 2 is 1.59 bits per heavy atom. The zero-order chi connectivity index (χ0) is 20.3. The number of carbonyl (C=O) groups excluding carboxylic acids is 1. The summed E-state index contributed by atoms with van der Waals surface area (Å²) >= 11 is 0. The molecule has 2 aromatic rings. The average molecular weight is 414 g/mol. The smallest absolute Gasteiger partial charge is 0.243 e. The lowest BCUT2D eigenvalue weighted by atomic mass is 9.98. The van der Waals surface area contributed by atoms with Crippen LogP contribution in [-0.4, -0.2) is 55.8 Å². The van der Waals surface area contributed by atoms with E-state index in [1.165, 1.54) is 4.31 Å². The van der Waals surface area contributed by atoms with Crippen LogP contribution in [0.2, 0.25) is 0 Å². The molecule has 154 valence electrons. The monoisotopic (exact) mass is 413 g/mol. The fraction of sp³-hybridized carbons (Fsp3) is 0.409. The predicted octanol–water partition coefficient (Wildman–Crippen LogP) is 2.80. The molecular formula is C22H27N3O3S. The highest BCUT2D eigenvalue weighted by Gasteiger charge is 2.37. The molecule has 0 aromatic heterocycles. The Morgan fingerprint density at radius 3 is 2.31 bits per heavy atom. The van der Waals surface area contributed by atoms with Gasteiger partial charge in [0.15, 0.2) is 0 Å². The van der Waals surface area contributed by atoms with Gasteiger partial charge < -0.3 is 10.2 Å². The van der Waals surface area contributed by atoms with Gasteiger partial charge in [0.2, 0.25) is 15.9 Å². The first-order chi connectivity index (χ1) is 14.0. The van der Waals surface area contributed by atoms with Crippen LogP contribution in [0.4, 0.5) is 5.69 Å². The number of rotatable bonds is 5. The lowest BCUT2D eigenvalue weighted by molar-refractivity contribution is -0.135. The van der Waals surface area contributed by atoms with Crippen molar-refractivity contribution < 1.29 is 13.2 Å². The largest absolute Gasteiger partial charge is 0.380 e. The molecule has 2 unspecified atom stereocenters. The fourth-order valence-corrected chi connectivity index (χ4v) is 5.76. The molecule has 6 nitrogen and oxygen atoms in total. The molecule has 7 heteroatoms. The normalized spacial score (nSPS) is 23.1. The molecule has 0 bridgehead atoms. The molecule has 4 rings (SSSR count). The lowest BCUT2D eigenvalue weighted by Crippen LogP contribution is -2.46. The second-order valence-corrected chi connectivity index (χ2v) is 9.73. The second kappa shape index (κ2) is 8.55. The first-order valence-electron chi connectivity index (χ1n) is 10.2. The number of hydrogen-bond donors (Lipinski definition) is 1. The number of piperidine rings is 1. The minimum Gasteiger partial charge on any atom is -0.380 e. The van der Waals surface area contributed by atoms with Crippen LogP contribution in [0.3, 0.4) is 0 Å². The van der Waals surface area contributed by atoms with Crippen molar-refractivity contribution in [3.05, 3.63) is 60.7 Å². The molecule has 29 heavy (non-hydrogen) atoms. The van der Waals surface area contributed by atoms with Gasteiger partial charge in [-0.1, -0.05) is 36.4 Å². The van der Waals surface area contributed by atoms with E-state index in [4.69, 9.17) is 0 Å². The van der Waals surface area contributed by atoms with E-state index < -0.39 is 10.0 Å². The predicted molar refractivity (Wildman–Crippen MR) is 113 cm³/mol. The summed E-state index contributed by atoms with van der Waals surface area (Å²) < 4.78 is 27.3. The van der Waals surface area contributed by atoms with Crippen molar-refractivity contribution in [2.24, 2.45) is 5.92 Å². The molecule has 1 N–H and O–H groups in total. The zero-order valence-electron chi connectivity index (χ0n) is 16.4. The quantitative estimate of drug-likeness (QED) is 0.818. The van der Waals surface area contributed by atoms with Gasteiger partial charge in [0.05, 0.1) is 10.8 Å². The number of hydrogen-bond acceptors (Lipinski definition) is 4. The number of carbonyl (C=O) groups is 1. The third-order valence-electron chi connectivity index (χ3n) is 5.76. The maximum absolute atomic E-state index is 13.1.